The SMILES string of the molecule is C[C@@H](Sc1nnc(-c2ccccc2Cl)n1C)C(=O)c1c[nH]c2ccccc12. The minimum absolute atomic E-state index is 0.0553. The lowest BCUT2D eigenvalue weighted by Crippen LogP contribution is -2.14. The Morgan fingerprint density at radius 1 is 1.15 bits per heavy atom. The van der Waals surface area contributed by atoms with Crippen LogP contribution >= 0.6 is 23.4 Å². The molecule has 0 aliphatic carbocycles. The second kappa shape index (κ2) is 7.21. The van der Waals surface area contributed by atoms with E-state index in [9.17, 15) is 4.79 Å². The molecule has 0 aliphatic rings. The van der Waals surface area contributed by atoms with Gasteiger partial charge < -0.3 is 9.55 Å². The summed E-state index contributed by atoms with van der Waals surface area (Å²) in [7, 11) is 1.88. The number of carbonyl (C=O) groups is 1. The van der Waals surface area contributed by atoms with Gasteiger partial charge in [-0.3, -0.25) is 4.79 Å². The third kappa shape index (κ3) is 3.26. The Hall–Kier alpha value is -2.57. The number of Topliss-reactive ketones (excluding diaryl/α,β-unsaturated/α-hetero) is 1. The van der Waals surface area contributed by atoms with Crippen molar-refractivity contribution in [2.24, 2.45) is 7.05 Å². The Morgan fingerprint density at radius 3 is 2.70 bits per heavy atom. The van der Waals surface area contributed by atoms with Crippen LogP contribution in [0.25, 0.3) is 22.3 Å². The van der Waals surface area contributed by atoms with E-state index >= 15 is 0 Å². The fourth-order valence-electron chi connectivity index (χ4n) is 3.00. The molecule has 2 heterocycles. The molecule has 0 saturated heterocycles. The quantitative estimate of drug-likeness (QED) is 0.381. The summed E-state index contributed by atoms with van der Waals surface area (Å²) in [4.78, 5) is 16.1. The highest BCUT2D eigenvalue weighted by molar-refractivity contribution is 8.00. The number of ketones is 1. The van der Waals surface area contributed by atoms with E-state index in [1.807, 2.05) is 67.1 Å². The number of aromatic amines is 1. The Labute approximate surface area is 165 Å². The van der Waals surface area contributed by atoms with Crippen molar-refractivity contribution in [3.8, 4) is 11.4 Å². The molecule has 1 N–H and O–H groups in total. The van der Waals surface area contributed by atoms with Gasteiger partial charge in [0.25, 0.3) is 0 Å². The summed E-state index contributed by atoms with van der Waals surface area (Å²) < 4.78 is 1.87. The van der Waals surface area contributed by atoms with Crippen LogP contribution in [0.1, 0.15) is 17.3 Å². The van der Waals surface area contributed by atoms with Gasteiger partial charge in [0.1, 0.15) is 0 Å². The fourth-order valence-corrected chi connectivity index (χ4v) is 4.10. The molecule has 0 amide bonds. The Balaban J connectivity index is 1.59. The number of nitrogens with one attached hydrogen (secondary N) is 1. The van der Waals surface area contributed by atoms with Gasteiger partial charge in [-0.1, -0.05) is 53.7 Å². The molecule has 0 saturated carbocycles. The minimum atomic E-state index is -0.300. The highest BCUT2D eigenvalue weighted by atomic mass is 35.5. The molecule has 136 valence electrons. The smallest absolute Gasteiger partial charge is 0.191 e. The maximum atomic E-state index is 12.9. The van der Waals surface area contributed by atoms with Crippen LogP contribution in [0.2, 0.25) is 5.02 Å². The predicted molar refractivity (Wildman–Crippen MR) is 109 cm³/mol. The first kappa shape index (κ1) is 17.8. The zero-order valence-electron chi connectivity index (χ0n) is 14.8. The summed E-state index contributed by atoms with van der Waals surface area (Å²) in [5, 5.41) is 10.4. The number of carbonyl (C=O) groups excluding carboxylic acids is 1. The van der Waals surface area contributed by atoms with Crippen molar-refractivity contribution in [1.29, 1.82) is 0 Å². The maximum Gasteiger partial charge on any atom is 0.191 e. The number of fused-ring (bicyclic) bond motifs is 1. The van der Waals surface area contributed by atoms with Crippen molar-refractivity contribution in [2.75, 3.05) is 0 Å². The van der Waals surface area contributed by atoms with Gasteiger partial charge in [-0.2, -0.15) is 0 Å². The van der Waals surface area contributed by atoms with Gasteiger partial charge in [-0.25, -0.2) is 0 Å². The van der Waals surface area contributed by atoms with Crippen LogP contribution in [0.4, 0.5) is 0 Å². The molecule has 2 aromatic carbocycles. The van der Waals surface area contributed by atoms with Crippen molar-refractivity contribution >= 4 is 40.0 Å². The molecule has 0 radical (unpaired) electrons. The lowest BCUT2D eigenvalue weighted by Gasteiger charge is -2.10. The number of rotatable bonds is 5. The van der Waals surface area contributed by atoms with Gasteiger partial charge in [-0.15, -0.1) is 10.2 Å². The summed E-state index contributed by atoms with van der Waals surface area (Å²) in [6, 6.07) is 15.3. The maximum absolute atomic E-state index is 12.9. The van der Waals surface area contributed by atoms with Crippen molar-refractivity contribution in [1.82, 2.24) is 19.7 Å². The number of hydrogen-bond donors (Lipinski definition) is 1. The zero-order chi connectivity index (χ0) is 19.0. The zero-order valence-corrected chi connectivity index (χ0v) is 16.4. The number of H-pyrrole nitrogens is 1. The lowest BCUT2D eigenvalue weighted by atomic mass is 10.1. The molecule has 0 spiro atoms. The van der Waals surface area contributed by atoms with Crippen LogP contribution in [0.15, 0.2) is 59.9 Å². The van der Waals surface area contributed by atoms with E-state index in [0.717, 1.165) is 16.5 Å². The molecule has 0 bridgehead atoms. The molecule has 1 atom stereocenters. The normalized spacial score (nSPS) is 12.4. The first-order valence-electron chi connectivity index (χ1n) is 8.47. The fraction of sp³-hybridized carbons (Fsp3) is 0.150. The molecule has 27 heavy (non-hydrogen) atoms. The molecule has 7 heteroatoms. The van der Waals surface area contributed by atoms with Gasteiger partial charge in [0.2, 0.25) is 0 Å². The van der Waals surface area contributed by atoms with Crippen molar-refractivity contribution in [3.63, 3.8) is 0 Å². The number of para-hydroxylation sites is 1. The molecular weight excluding hydrogens is 380 g/mol. The van der Waals surface area contributed by atoms with Gasteiger partial charge in [-0.05, 0) is 25.1 Å². The van der Waals surface area contributed by atoms with Gasteiger partial charge in [0, 0.05) is 35.3 Å². The number of aromatic nitrogens is 4. The van der Waals surface area contributed by atoms with E-state index in [2.05, 4.69) is 15.2 Å². The van der Waals surface area contributed by atoms with Crippen molar-refractivity contribution in [3.05, 3.63) is 65.3 Å². The highest BCUT2D eigenvalue weighted by Gasteiger charge is 2.23. The summed E-state index contributed by atoms with van der Waals surface area (Å²) >= 11 is 7.66. The average molecular weight is 397 g/mol. The third-order valence-corrected chi connectivity index (χ3v) is 5.92. The number of thioether (sulfide) groups is 1. The van der Waals surface area contributed by atoms with Crippen molar-refractivity contribution in [2.45, 2.75) is 17.3 Å². The lowest BCUT2D eigenvalue weighted by molar-refractivity contribution is 0.0995. The molecule has 4 aromatic rings. The summed E-state index contributed by atoms with van der Waals surface area (Å²) in [6.07, 6.45) is 1.77. The standard InChI is InChI=1S/C20H17ClN4OS/c1-12(18(26)15-11-22-17-10-6-4-7-13(15)17)27-20-24-23-19(25(20)2)14-8-3-5-9-16(14)21/h3-12,22H,1-2H3/t12-/m1/s1. The molecule has 5 nitrogen and oxygen atoms in total. The molecule has 2 aromatic heterocycles. The van der Waals surface area contributed by atoms with E-state index in [1.165, 1.54) is 11.8 Å². The molecule has 0 aliphatic heterocycles. The Kier molecular flexibility index (Phi) is 4.76. The first-order valence-corrected chi connectivity index (χ1v) is 9.73. The second-order valence-electron chi connectivity index (χ2n) is 6.22. The van der Waals surface area contributed by atoms with Crippen molar-refractivity contribution < 1.29 is 4.79 Å². The number of hydrogen-bond acceptors (Lipinski definition) is 4. The van der Waals surface area contributed by atoms with Crippen LogP contribution in [0, 0.1) is 0 Å². The summed E-state index contributed by atoms with van der Waals surface area (Å²) in [5.41, 5.74) is 2.47. The summed E-state index contributed by atoms with van der Waals surface area (Å²) in [5.74, 6) is 0.731. The van der Waals surface area contributed by atoms with E-state index in [-0.39, 0.29) is 11.0 Å². The second-order valence-corrected chi connectivity index (χ2v) is 7.93. The predicted octanol–water partition coefficient (Wildman–Crippen LogP) is 4.98. The number of nitrogens with zero attached hydrogens (tertiary/aromatic N) is 3. The van der Waals surface area contributed by atoms with Crippen LogP contribution in [0.3, 0.4) is 0 Å². The third-order valence-electron chi connectivity index (χ3n) is 4.46. The topological polar surface area (TPSA) is 63.6 Å². The average Bonchev–Trinajstić information content (AvgIpc) is 3.26. The molecular formula is C20H17ClN4OS. The first-order chi connectivity index (χ1) is 13.1. The number of halogens is 1. The number of benzene rings is 2. The van der Waals surface area contributed by atoms with Gasteiger partial charge >= 0.3 is 0 Å². The van der Waals surface area contributed by atoms with E-state index in [1.54, 1.807) is 6.20 Å². The monoisotopic (exact) mass is 396 g/mol. The molecule has 0 fully saturated rings. The van der Waals surface area contributed by atoms with Gasteiger partial charge in [0.15, 0.2) is 16.8 Å². The van der Waals surface area contributed by atoms with E-state index in [0.29, 0.717) is 21.6 Å². The van der Waals surface area contributed by atoms with Crippen LogP contribution in [-0.2, 0) is 7.05 Å². The summed E-state index contributed by atoms with van der Waals surface area (Å²) in [6.45, 7) is 1.89. The molecule has 4 rings (SSSR count). The molecule has 0 unspecified atom stereocenters. The van der Waals surface area contributed by atoms with Crippen LogP contribution < -0.4 is 0 Å². The largest absolute Gasteiger partial charge is 0.360 e. The highest BCUT2D eigenvalue weighted by Crippen LogP contribution is 2.31. The van der Waals surface area contributed by atoms with Crippen LogP contribution in [-0.4, -0.2) is 30.8 Å². The Bertz CT molecular complexity index is 1130. The van der Waals surface area contributed by atoms with Gasteiger partial charge in [0.05, 0.1) is 10.3 Å². The Morgan fingerprint density at radius 2 is 1.89 bits per heavy atom. The van der Waals surface area contributed by atoms with E-state index < -0.39 is 0 Å². The van der Waals surface area contributed by atoms with Crippen LogP contribution in [0.5, 0.6) is 0 Å². The minimum Gasteiger partial charge on any atom is -0.360 e. The van der Waals surface area contributed by atoms with E-state index in [4.69, 9.17) is 11.6 Å².